The Kier molecular flexibility index (Phi) is 6.21. The maximum atomic E-state index is 4.82. The number of benzene rings is 8. The third-order valence-electron chi connectivity index (χ3n) is 11.4. The Bertz CT molecular complexity index is 3080. The van der Waals surface area contributed by atoms with Crippen LogP contribution in [0.3, 0.4) is 0 Å². The van der Waals surface area contributed by atoms with Crippen molar-refractivity contribution in [2.45, 2.75) is 19.3 Å². The van der Waals surface area contributed by atoms with Gasteiger partial charge in [-0.05, 0) is 96.7 Å². The van der Waals surface area contributed by atoms with E-state index in [1.165, 1.54) is 86.6 Å². The number of thiophene rings is 1. The molecule has 0 unspecified atom stereocenters. The summed E-state index contributed by atoms with van der Waals surface area (Å²) in [5.74, 6) is 0. The molecule has 0 amide bonds. The second kappa shape index (κ2) is 10.9. The number of nitrogens with zero attached hydrogens (tertiary/aromatic N) is 2. The fraction of sp³-hybridized carbons (Fsp3) is 0.0612. The van der Waals surface area contributed by atoms with Gasteiger partial charge in [-0.15, -0.1) is 11.3 Å². The summed E-state index contributed by atoms with van der Waals surface area (Å²) in [5, 5.41) is 7.36. The van der Waals surface area contributed by atoms with Gasteiger partial charge in [0.05, 0.1) is 11.0 Å². The van der Waals surface area contributed by atoms with Crippen molar-refractivity contribution in [1.29, 1.82) is 0 Å². The van der Waals surface area contributed by atoms with Crippen LogP contribution in [0.2, 0.25) is 0 Å². The lowest BCUT2D eigenvalue weighted by Gasteiger charge is -2.23. The third-order valence-corrected chi connectivity index (χ3v) is 12.6. The molecule has 0 N–H and O–H groups in total. The molecule has 0 saturated carbocycles. The minimum atomic E-state index is -0.151. The molecule has 0 fully saturated rings. The third kappa shape index (κ3) is 4.23. The molecular formula is C49H32N2S. The zero-order chi connectivity index (χ0) is 34.6. The molecule has 0 bridgehead atoms. The average Bonchev–Trinajstić information content (AvgIpc) is 3.69. The van der Waals surface area contributed by atoms with E-state index in [1.54, 1.807) is 12.4 Å². The van der Waals surface area contributed by atoms with Gasteiger partial charge in [0, 0.05) is 48.8 Å². The normalized spacial score (nSPS) is 13.3. The minimum Gasteiger partial charge on any atom is -0.252 e. The van der Waals surface area contributed by atoms with E-state index in [0.717, 1.165) is 21.8 Å². The molecule has 0 atom stereocenters. The van der Waals surface area contributed by atoms with Crippen molar-refractivity contribution in [2.75, 3.05) is 0 Å². The van der Waals surface area contributed by atoms with Crippen LogP contribution in [-0.2, 0) is 5.41 Å². The molecule has 2 aromatic heterocycles. The van der Waals surface area contributed by atoms with Crippen molar-refractivity contribution < 1.29 is 0 Å². The number of hydrogen-bond acceptors (Lipinski definition) is 3. The summed E-state index contributed by atoms with van der Waals surface area (Å²) in [7, 11) is 0. The molecule has 0 spiro atoms. The standard InChI is InChI=1S/C49H32N2S/c1-49(2)43-27-31(29-9-7-10-33(25-29)34-14-8-15-41-39-12-5-6-16-45(39)52-48(34)41)18-21-37(43)38-22-19-32(28-44(38)49)30-17-20-36-35-11-3-4-13-40(35)46-47(42(36)26-30)51-24-23-50-46/h3-28H,1-2H3. The highest BCUT2D eigenvalue weighted by Crippen LogP contribution is 2.51. The number of hydrogen-bond donors (Lipinski definition) is 0. The highest BCUT2D eigenvalue weighted by atomic mass is 32.1. The SMILES string of the molecule is CC1(C)c2cc(-c3cccc(-c4cccc5c4sc4ccccc45)c3)ccc2-c2ccc(-c3ccc4c5ccccc5c5nccnc5c4c3)cc21. The summed E-state index contributed by atoms with van der Waals surface area (Å²) in [6.45, 7) is 4.75. The average molecular weight is 681 g/mol. The maximum Gasteiger partial charge on any atom is 0.0971 e. The molecule has 3 heteroatoms. The van der Waals surface area contributed by atoms with E-state index in [-0.39, 0.29) is 5.41 Å². The second-order valence-corrected chi connectivity index (χ2v) is 15.6. The highest BCUT2D eigenvalue weighted by Gasteiger charge is 2.36. The Balaban J connectivity index is 0.988. The van der Waals surface area contributed by atoms with Crippen molar-refractivity contribution >= 4 is 64.1 Å². The van der Waals surface area contributed by atoms with Crippen LogP contribution in [0.4, 0.5) is 0 Å². The largest absolute Gasteiger partial charge is 0.252 e. The van der Waals surface area contributed by atoms with Crippen molar-refractivity contribution in [2.24, 2.45) is 0 Å². The van der Waals surface area contributed by atoms with E-state index in [4.69, 9.17) is 9.97 Å². The van der Waals surface area contributed by atoms with Crippen molar-refractivity contribution in [3.8, 4) is 44.5 Å². The topological polar surface area (TPSA) is 25.8 Å². The number of aromatic nitrogens is 2. The van der Waals surface area contributed by atoms with Gasteiger partial charge in [0.1, 0.15) is 0 Å². The Hall–Kier alpha value is -6.16. The lowest BCUT2D eigenvalue weighted by Crippen LogP contribution is -2.15. The van der Waals surface area contributed by atoms with E-state index in [0.29, 0.717) is 0 Å². The first-order valence-electron chi connectivity index (χ1n) is 17.9. The molecule has 0 radical (unpaired) electrons. The fourth-order valence-electron chi connectivity index (χ4n) is 8.75. The van der Waals surface area contributed by atoms with Crippen LogP contribution in [-0.4, -0.2) is 9.97 Å². The molecule has 8 aromatic carbocycles. The monoisotopic (exact) mass is 680 g/mol. The molecule has 1 aliphatic carbocycles. The van der Waals surface area contributed by atoms with Gasteiger partial charge in [-0.25, -0.2) is 0 Å². The van der Waals surface area contributed by atoms with Crippen LogP contribution in [0.15, 0.2) is 158 Å². The lowest BCUT2D eigenvalue weighted by molar-refractivity contribution is 0.661. The second-order valence-electron chi connectivity index (χ2n) is 14.6. The van der Waals surface area contributed by atoms with Gasteiger partial charge >= 0.3 is 0 Å². The van der Waals surface area contributed by atoms with Gasteiger partial charge in [0.2, 0.25) is 0 Å². The lowest BCUT2D eigenvalue weighted by atomic mass is 9.80. The quantitative estimate of drug-likeness (QED) is 0.174. The molecule has 0 saturated heterocycles. The van der Waals surface area contributed by atoms with Crippen LogP contribution in [0.1, 0.15) is 25.0 Å². The molecule has 10 aromatic rings. The van der Waals surface area contributed by atoms with Crippen LogP contribution < -0.4 is 0 Å². The number of rotatable bonds is 3. The van der Waals surface area contributed by atoms with Gasteiger partial charge in [-0.3, -0.25) is 9.97 Å². The molecule has 244 valence electrons. The molecule has 1 aliphatic rings. The van der Waals surface area contributed by atoms with Crippen molar-refractivity contribution in [1.82, 2.24) is 9.97 Å². The smallest absolute Gasteiger partial charge is 0.0971 e. The van der Waals surface area contributed by atoms with Gasteiger partial charge in [-0.1, -0.05) is 129 Å². The fourth-order valence-corrected chi connectivity index (χ4v) is 9.99. The maximum absolute atomic E-state index is 4.82. The zero-order valence-electron chi connectivity index (χ0n) is 28.8. The van der Waals surface area contributed by atoms with Gasteiger partial charge in [0.15, 0.2) is 0 Å². The summed E-state index contributed by atoms with van der Waals surface area (Å²) >= 11 is 1.89. The van der Waals surface area contributed by atoms with E-state index >= 15 is 0 Å². The van der Waals surface area contributed by atoms with E-state index < -0.39 is 0 Å². The molecular weight excluding hydrogens is 649 g/mol. The van der Waals surface area contributed by atoms with Crippen molar-refractivity contribution in [3.05, 3.63) is 169 Å². The van der Waals surface area contributed by atoms with Crippen LogP contribution >= 0.6 is 11.3 Å². The van der Waals surface area contributed by atoms with Gasteiger partial charge < -0.3 is 0 Å². The van der Waals surface area contributed by atoms with Gasteiger partial charge in [-0.2, -0.15) is 0 Å². The van der Waals surface area contributed by atoms with Crippen LogP contribution in [0.25, 0.3) is 97.3 Å². The summed E-state index contributed by atoms with van der Waals surface area (Å²) in [6.07, 6.45) is 3.59. The molecule has 2 heterocycles. The summed E-state index contributed by atoms with van der Waals surface area (Å²) < 4.78 is 2.68. The number of fused-ring (bicyclic) bond motifs is 12. The molecule has 11 rings (SSSR count). The first-order chi connectivity index (χ1) is 25.5. The first kappa shape index (κ1) is 29.6. The van der Waals surface area contributed by atoms with Gasteiger partial charge in [0.25, 0.3) is 0 Å². The molecule has 52 heavy (non-hydrogen) atoms. The van der Waals surface area contributed by atoms with Crippen LogP contribution in [0.5, 0.6) is 0 Å². The van der Waals surface area contributed by atoms with E-state index in [2.05, 4.69) is 159 Å². The predicted molar refractivity (Wildman–Crippen MR) is 221 cm³/mol. The summed E-state index contributed by atoms with van der Waals surface area (Å²) in [6, 6.07) is 54.0. The highest BCUT2D eigenvalue weighted by molar-refractivity contribution is 7.26. The Morgan fingerprint density at radius 2 is 0.962 bits per heavy atom. The van der Waals surface area contributed by atoms with E-state index in [9.17, 15) is 0 Å². The Morgan fingerprint density at radius 3 is 1.73 bits per heavy atom. The molecule has 2 nitrogen and oxygen atoms in total. The first-order valence-corrected chi connectivity index (χ1v) is 18.7. The van der Waals surface area contributed by atoms with Crippen LogP contribution in [0, 0.1) is 0 Å². The Morgan fingerprint density at radius 1 is 0.404 bits per heavy atom. The zero-order valence-corrected chi connectivity index (χ0v) is 29.6. The molecule has 0 aliphatic heterocycles. The summed E-state index contributed by atoms with van der Waals surface area (Å²) in [5.41, 5.74) is 14.6. The Labute approximate surface area is 305 Å². The minimum absolute atomic E-state index is 0.151. The predicted octanol–water partition coefficient (Wildman–Crippen LogP) is 13.6. The van der Waals surface area contributed by atoms with E-state index in [1.807, 2.05) is 11.3 Å². The summed E-state index contributed by atoms with van der Waals surface area (Å²) in [4.78, 5) is 9.58. The van der Waals surface area contributed by atoms with Crippen molar-refractivity contribution in [3.63, 3.8) is 0 Å².